The van der Waals surface area contributed by atoms with Crippen molar-refractivity contribution < 1.29 is 22.5 Å². The standard InChI is InChI=1S/C17H14F3N7O2S/c18-17(19,20)16-25-15(26-29-16)12-2-1-11(30-12)8-27(14-7-23-3-4-24-14)13(22)5-10(6-21)9-28/h1-7,9,21-24H,8H2/b10-5+,21-6?,22-13?. The van der Waals surface area contributed by atoms with Crippen molar-refractivity contribution in [3.05, 3.63) is 59.0 Å². The molecule has 9 nitrogen and oxygen atoms in total. The Balaban J connectivity index is 1.85. The summed E-state index contributed by atoms with van der Waals surface area (Å²) < 4.78 is 42.2. The summed E-state index contributed by atoms with van der Waals surface area (Å²) >= 11 is 1.13. The third kappa shape index (κ3) is 4.81. The van der Waals surface area contributed by atoms with Crippen molar-refractivity contribution in [1.29, 1.82) is 10.8 Å². The number of thiophene rings is 1. The molecular formula is C17H14F3N7O2S. The molecule has 13 heteroatoms. The number of aldehydes is 1. The molecule has 4 N–H and O–H groups in total. The van der Waals surface area contributed by atoms with E-state index in [4.69, 9.17) is 10.8 Å². The maximum absolute atomic E-state index is 12.7. The molecule has 0 aromatic carbocycles. The number of allylic oxidation sites excluding steroid dienone is 1. The molecule has 0 unspecified atom stereocenters. The van der Waals surface area contributed by atoms with E-state index in [1.807, 2.05) is 0 Å². The van der Waals surface area contributed by atoms with Crippen LogP contribution in [0.2, 0.25) is 0 Å². The Kier molecular flexibility index (Phi) is 6.11. The molecule has 3 rings (SSSR count). The van der Waals surface area contributed by atoms with Crippen LogP contribution in [0, 0.1) is 10.8 Å². The molecule has 156 valence electrons. The van der Waals surface area contributed by atoms with Crippen LogP contribution in [0.5, 0.6) is 0 Å². The van der Waals surface area contributed by atoms with E-state index in [9.17, 15) is 18.0 Å². The normalized spacial score (nSPS) is 13.8. The first-order valence-corrected chi connectivity index (χ1v) is 9.04. The largest absolute Gasteiger partial charge is 0.471 e. The topological polar surface area (TPSA) is 131 Å². The summed E-state index contributed by atoms with van der Waals surface area (Å²) in [5.41, 5.74) is 0.00302. The van der Waals surface area contributed by atoms with E-state index in [1.165, 1.54) is 11.0 Å². The van der Waals surface area contributed by atoms with Crippen LogP contribution in [0.4, 0.5) is 13.2 Å². The highest BCUT2D eigenvalue weighted by molar-refractivity contribution is 7.15. The minimum absolute atomic E-state index is 0.00302. The van der Waals surface area contributed by atoms with Crippen molar-refractivity contribution in [2.75, 3.05) is 0 Å². The highest BCUT2D eigenvalue weighted by atomic mass is 32.1. The molecule has 2 aromatic rings. The van der Waals surface area contributed by atoms with Gasteiger partial charge in [-0.3, -0.25) is 10.2 Å². The van der Waals surface area contributed by atoms with Crippen LogP contribution in [-0.2, 0) is 17.5 Å². The average Bonchev–Trinajstić information content (AvgIpc) is 3.40. The Morgan fingerprint density at radius 3 is 2.73 bits per heavy atom. The number of carbonyl (C=O) groups excluding carboxylic acids is 1. The van der Waals surface area contributed by atoms with Gasteiger partial charge in [0.1, 0.15) is 11.7 Å². The van der Waals surface area contributed by atoms with E-state index in [2.05, 4.69) is 25.3 Å². The number of rotatable bonds is 7. The van der Waals surface area contributed by atoms with E-state index in [-0.39, 0.29) is 23.8 Å². The predicted octanol–water partition coefficient (Wildman–Crippen LogP) is 2.83. The van der Waals surface area contributed by atoms with Crippen molar-refractivity contribution in [2.24, 2.45) is 0 Å². The number of alkyl halides is 3. The number of halogens is 3. The molecule has 0 aliphatic carbocycles. The monoisotopic (exact) mass is 437 g/mol. The highest BCUT2D eigenvalue weighted by Gasteiger charge is 2.38. The second-order valence-corrected chi connectivity index (χ2v) is 6.91. The Labute approximate surface area is 171 Å². The van der Waals surface area contributed by atoms with Gasteiger partial charge < -0.3 is 25.5 Å². The average molecular weight is 437 g/mol. The lowest BCUT2D eigenvalue weighted by molar-refractivity contribution is -0.159. The van der Waals surface area contributed by atoms with Gasteiger partial charge in [-0.15, -0.1) is 11.3 Å². The summed E-state index contributed by atoms with van der Waals surface area (Å²) in [7, 11) is 0. The molecule has 0 saturated carbocycles. The predicted molar refractivity (Wildman–Crippen MR) is 102 cm³/mol. The summed E-state index contributed by atoms with van der Waals surface area (Å²) in [6.07, 6.45) is 2.62. The van der Waals surface area contributed by atoms with E-state index in [0.717, 1.165) is 17.6 Å². The molecule has 1 aliphatic heterocycles. The van der Waals surface area contributed by atoms with Gasteiger partial charge in [-0.1, -0.05) is 5.16 Å². The number of hydrogen-bond donors (Lipinski definition) is 4. The number of aromatic nitrogens is 2. The number of nitrogens with zero attached hydrogens (tertiary/aromatic N) is 3. The minimum Gasteiger partial charge on any atom is -0.363 e. The van der Waals surface area contributed by atoms with Crippen LogP contribution in [0.1, 0.15) is 10.8 Å². The maximum Gasteiger partial charge on any atom is 0.471 e. The number of carbonyl (C=O) groups is 1. The van der Waals surface area contributed by atoms with E-state index >= 15 is 0 Å². The first-order valence-electron chi connectivity index (χ1n) is 8.23. The van der Waals surface area contributed by atoms with E-state index < -0.39 is 12.1 Å². The Morgan fingerprint density at radius 2 is 2.13 bits per heavy atom. The lowest BCUT2D eigenvalue weighted by atomic mass is 10.2. The molecule has 30 heavy (non-hydrogen) atoms. The van der Waals surface area contributed by atoms with Gasteiger partial charge in [-0.05, 0) is 18.2 Å². The number of hydrogen-bond acceptors (Lipinski definition) is 9. The molecule has 0 atom stereocenters. The Hall–Kier alpha value is -3.74. The minimum atomic E-state index is -4.73. The first-order chi connectivity index (χ1) is 14.3. The SMILES string of the molecule is N=C/C(C=O)=C\C(=N)N(Cc1ccc(-c2noc(C(F)(F)F)n2)s1)C1=CNC=CN1. The highest BCUT2D eigenvalue weighted by Crippen LogP contribution is 2.32. The number of amidine groups is 1. The molecule has 0 saturated heterocycles. The lowest BCUT2D eigenvalue weighted by Gasteiger charge is -2.27. The fourth-order valence-electron chi connectivity index (χ4n) is 2.32. The quantitative estimate of drug-likeness (QED) is 0.227. The maximum atomic E-state index is 12.7. The van der Waals surface area contributed by atoms with Crippen LogP contribution < -0.4 is 10.6 Å². The van der Waals surface area contributed by atoms with Crippen LogP contribution in [0.25, 0.3) is 10.7 Å². The van der Waals surface area contributed by atoms with Crippen molar-refractivity contribution >= 4 is 29.7 Å². The zero-order chi connectivity index (χ0) is 21.7. The third-order valence-electron chi connectivity index (χ3n) is 3.68. The summed E-state index contributed by atoms with van der Waals surface area (Å²) in [6, 6.07) is 3.22. The molecule has 2 aromatic heterocycles. The summed E-state index contributed by atoms with van der Waals surface area (Å²) in [5, 5.41) is 24.7. The van der Waals surface area contributed by atoms with E-state index in [1.54, 1.807) is 30.7 Å². The molecule has 1 aliphatic rings. The zero-order valence-electron chi connectivity index (χ0n) is 15.0. The second kappa shape index (κ2) is 8.73. The molecule has 0 fully saturated rings. The second-order valence-electron chi connectivity index (χ2n) is 5.74. The Bertz CT molecular complexity index is 1040. The summed E-state index contributed by atoms with van der Waals surface area (Å²) in [5.74, 6) is -1.21. The zero-order valence-corrected chi connectivity index (χ0v) is 15.8. The van der Waals surface area contributed by atoms with Gasteiger partial charge in [0.05, 0.1) is 11.4 Å². The lowest BCUT2D eigenvalue weighted by Crippen LogP contribution is -2.35. The van der Waals surface area contributed by atoms with Gasteiger partial charge in [-0.25, -0.2) is 0 Å². The first kappa shape index (κ1) is 21.0. The molecule has 3 heterocycles. The fourth-order valence-corrected chi connectivity index (χ4v) is 3.25. The molecule has 0 amide bonds. The fraction of sp³-hybridized carbons (Fsp3) is 0.118. The van der Waals surface area contributed by atoms with Crippen molar-refractivity contribution in [3.8, 4) is 10.7 Å². The Morgan fingerprint density at radius 1 is 1.33 bits per heavy atom. The van der Waals surface area contributed by atoms with Crippen molar-refractivity contribution in [2.45, 2.75) is 12.7 Å². The van der Waals surface area contributed by atoms with Crippen LogP contribution in [-0.4, -0.2) is 33.4 Å². The van der Waals surface area contributed by atoms with Gasteiger partial charge in [0.2, 0.25) is 5.82 Å². The summed E-state index contributed by atoms with van der Waals surface area (Å²) in [4.78, 5) is 16.9. The van der Waals surface area contributed by atoms with Gasteiger partial charge in [-0.2, -0.15) is 18.2 Å². The van der Waals surface area contributed by atoms with Gasteiger partial charge in [0.15, 0.2) is 6.29 Å². The molecular weight excluding hydrogens is 423 g/mol. The van der Waals surface area contributed by atoms with Crippen molar-refractivity contribution in [1.82, 2.24) is 25.7 Å². The van der Waals surface area contributed by atoms with E-state index in [0.29, 0.717) is 21.9 Å². The van der Waals surface area contributed by atoms with Gasteiger partial charge in [0, 0.05) is 35.3 Å². The van der Waals surface area contributed by atoms with Gasteiger partial charge >= 0.3 is 12.1 Å². The smallest absolute Gasteiger partial charge is 0.363 e. The summed E-state index contributed by atoms with van der Waals surface area (Å²) in [6.45, 7) is 0.155. The van der Waals surface area contributed by atoms with Gasteiger partial charge in [0.25, 0.3) is 0 Å². The molecule has 0 spiro atoms. The molecule has 0 bridgehead atoms. The molecule has 0 radical (unpaired) electrons. The van der Waals surface area contributed by atoms with Crippen LogP contribution in [0.15, 0.2) is 52.7 Å². The van der Waals surface area contributed by atoms with Crippen LogP contribution >= 0.6 is 11.3 Å². The van der Waals surface area contributed by atoms with Crippen molar-refractivity contribution in [3.63, 3.8) is 0 Å². The number of nitrogens with one attached hydrogen (secondary N) is 4. The third-order valence-corrected chi connectivity index (χ3v) is 4.75. The van der Waals surface area contributed by atoms with Crippen LogP contribution in [0.3, 0.4) is 0 Å².